The molecule has 1 aromatic carbocycles. The van der Waals surface area contributed by atoms with Crippen molar-refractivity contribution in [3.05, 3.63) is 23.8 Å². The predicted octanol–water partition coefficient (Wildman–Crippen LogP) is 2.42. The Morgan fingerprint density at radius 3 is 2.52 bits per heavy atom. The van der Waals surface area contributed by atoms with Crippen LogP contribution in [0.5, 0.6) is 23.5 Å². The number of hydrogen-bond donors (Lipinski definition) is 1. The molecule has 7 nitrogen and oxygen atoms in total. The van der Waals surface area contributed by atoms with Crippen LogP contribution in [0.3, 0.4) is 0 Å². The van der Waals surface area contributed by atoms with Crippen molar-refractivity contribution in [3.8, 4) is 23.5 Å². The summed E-state index contributed by atoms with van der Waals surface area (Å²) in [6.45, 7) is 4.29. The Balaban J connectivity index is 2.32. The van der Waals surface area contributed by atoms with Crippen molar-refractivity contribution in [2.75, 3.05) is 26.1 Å². The van der Waals surface area contributed by atoms with Crippen LogP contribution in [-0.4, -0.2) is 35.7 Å². The Labute approximate surface area is 123 Å². The number of nitrogens with zero attached hydrogens (tertiary/aromatic N) is 3. The highest BCUT2D eigenvalue weighted by Gasteiger charge is 2.11. The summed E-state index contributed by atoms with van der Waals surface area (Å²) < 4.78 is 16.3. The number of aryl methyl sites for hydroxylation is 1. The summed E-state index contributed by atoms with van der Waals surface area (Å²) in [5, 5.41) is 2.84. The minimum atomic E-state index is 0.139. The molecule has 1 N–H and O–H groups in total. The van der Waals surface area contributed by atoms with Gasteiger partial charge in [-0.3, -0.25) is 0 Å². The molecule has 0 saturated carbocycles. The molecule has 0 saturated heterocycles. The minimum Gasteiger partial charge on any atom is -0.493 e. The second-order valence-corrected chi connectivity index (χ2v) is 4.16. The van der Waals surface area contributed by atoms with Crippen LogP contribution in [-0.2, 0) is 0 Å². The average molecular weight is 290 g/mol. The maximum Gasteiger partial charge on any atom is 0.330 e. The topological polar surface area (TPSA) is 78.4 Å². The molecule has 0 atom stereocenters. The Morgan fingerprint density at radius 1 is 1.10 bits per heavy atom. The molecule has 2 rings (SSSR count). The van der Waals surface area contributed by atoms with Crippen molar-refractivity contribution in [3.63, 3.8) is 0 Å². The Morgan fingerprint density at radius 2 is 1.86 bits per heavy atom. The van der Waals surface area contributed by atoms with Crippen molar-refractivity contribution in [2.24, 2.45) is 0 Å². The summed E-state index contributed by atoms with van der Waals surface area (Å²) in [6, 6.07) is 5.94. The maximum absolute atomic E-state index is 5.68. The number of hydrogen-bond acceptors (Lipinski definition) is 7. The lowest BCUT2D eigenvalue weighted by Gasteiger charge is -2.11. The summed E-state index contributed by atoms with van der Waals surface area (Å²) in [6.07, 6.45) is 0. The van der Waals surface area contributed by atoms with E-state index in [2.05, 4.69) is 20.3 Å². The fourth-order valence-electron chi connectivity index (χ4n) is 1.65. The molecule has 0 spiro atoms. The number of benzene rings is 1. The van der Waals surface area contributed by atoms with Crippen LogP contribution in [0.2, 0.25) is 0 Å². The van der Waals surface area contributed by atoms with E-state index < -0.39 is 0 Å². The van der Waals surface area contributed by atoms with Crippen LogP contribution >= 0.6 is 0 Å². The second kappa shape index (κ2) is 6.74. The van der Waals surface area contributed by atoms with Crippen LogP contribution < -0.4 is 19.5 Å². The van der Waals surface area contributed by atoms with Crippen molar-refractivity contribution in [1.29, 1.82) is 0 Å². The summed E-state index contributed by atoms with van der Waals surface area (Å²) in [5.74, 6) is 1.51. The van der Waals surface area contributed by atoms with E-state index in [0.717, 1.165) is 5.56 Å². The van der Waals surface area contributed by atoms with Crippen molar-refractivity contribution < 1.29 is 14.2 Å². The molecular weight excluding hydrogens is 272 g/mol. The third kappa shape index (κ3) is 3.71. The van der Waals surface area contributed by atoms with Gasteiger partial charge in [-0.05, 0) is 31.5 Å². The molecule has 0 unspecified atom stereocenters. The molecule has 0 aliphatic rings. The fourth-order valence-corrected chi connectivity index (χ4v) is 1.65. The molecule has 112 valence electrons. The molecule has 1 heterocycles. The SMILES string of the molecule is CCOc1nc(NC)nc(Oc2ccc(C)cc2OC)n1. The van der Waals surface area contributed by atoms with Crippen LogP contribution in [0.15, 0.2) is 18.2 Å². The number of rotatable bonds is 6. The largest absolute Gasteiger partial charge is 0.493 e. The van der Waals surface area contributed by atoms with Gasteiger partial charge in [-0.1, -0.05) is 6.07 Å². The number of methoxy groups -OCH3 is 1. The number of ether oxygens (including phenoxy) is 3. The number of aromatic nitrogens is 3. The Bertz CT molecular complexity index is 619. The van der Waals surface area contributed by atoms with Gasteiger partial charge in [-0.15, -0.1) is 4.98 Å². The zero-order chi connectivity index (χ0) is 15.2. The highest BCUT2D eigenvalue weighted by atomic mass is 16.5. The Kier molecular flexibility index (Phi) is 4.76. The van der Waals surface area contributed by atoms with Gasteiger partial charge in [-0.2, -0.15) is 9.97 Å². The maximum atomic E-state index is 5.68. The molecule has 0 fully saturated rings. The summed E-state index contributed by atoms with van der Waals surface area (Å²) in [5.41, 5.74) is 1.07. The molecule has 0 radical (unpaired) electrons. The predicted molar refractivity (Wildman–Crippen MR) is 78.3 cm³/mol. The third-order valence-corrected chi connectivity index (χ3v) is 2.61. The second-order valence-electron chi connectivity index (χ2n) is 4.16. The lowest BCUT2D eigenvalue weighted by molar-refractivity contribution is 0.302. The normalized spacial score (nSPS) is 10.1. The van der Waals surface area contributed by atoms with Gasteiger partial charge < -0.3 is 19.5 Å². The van der Waals surface area contributed by atoms with E-state index in [4.69, 9.17) is 14.2 Å². The number of nitrogens with one attached hydrogen (secondary N) is 1. The third-order valence-electron chi connectivity index (χ3n) is 2.61. The first kappa shape index (κ1) is 14.8. The lowest BCUT2D eigenvalue weighted by atomic mass is 10.2. The van der Waals surface area contributed by atoms with Crippen molar-refractivity contribution in [2.45, 2.75) is 13.8 Å². The van der Waals surface area contributed by atoms with Crippen molar-refractivity contribution >= 4 is 5.95 Å². The molecule has 21 heavy (non-hydrogen) atoms. The van der Waals surface area contributed by atoms with Gasteiger partial charge >= 0.3 is 12.0 Å². The van der Waals surface area contributed by atoms with Crippen LogP contribution in [0.25, 0.3) is 0 Å². The summed E-state index contributed by atoms with van der Waals surface area (Å²) in [4.78, 5) is 12.3. The molecule has 1 aromatic heterocycles. The molecule has 0 aliphatic carbocycles. The minimum absolute atomic E-state index is 0.139. The van der Waals surface area contributed by atoms with Gasteiger partial charge in [-0.25, -0.2) is 0 Å². The quantitative estimate of drug-likeness (QED) is 0.875. The molecule has 0 amide bonds. The van der Waals surface area contributed by atoms with E-state index in [1.165, 1.54) is 0 Å². The first-order chi connectivity index (χ1) is 10.2. The van der Waals surface area contributed by atoms with E-state index in [1.807, 2.05) is 26.0 Å². The van der Waals surface area contributed by atoms with E-state index in [9.17, 15) is 0 Å². The monoisotopic (exact) mass is 290 g/mol. The standard InChI is InChI=1S/C14H18N4O3/c1-5-20-13-16-12(15-3)17-14(18-13)21-10-7-6-9(2)8-11(10)19-4/h6-8H,5H2,1-4H3,(H,15,16,17,18). The summed E-state index contributed by atoms with van der Waals surface area (Å²) in [7, 11) is 3.29. The first-order valence-corrected chi connectivity index (χ1v) is 6.55. The molecule has 0 bridgehead atoms. The zero-order valence-electron chi connectivity index (χ0n) is 12.5. The molecule has 0 aliphatic heterocycles. The van der Waals surface area contributed by atoms with Crippen LogP contribution in [0, 0.1) is 6.92 Å². The smallest absolute Gasteiger partial charge is 0.330 e. The first-order valence-electron chi connectivity index (χ1n) is 6.55. The van der Waals surface area contributed by atoms with Gasteiger partial charge in [0, 0.05) is 7.05 Å². The number of anilines is 1. The van der Waals surface area contributed by atoms with Crippen molar-refractivity contribution in [1.82, 2.24) is 15.0 Å². The van der Waals surface area contributed by atoms with Gasteiger partial charge in [0.25, 0.3) is 0 Å². The van der Waals surface area contributed by atoms with Gasteiger partial charge in [0.1, 0.15) is 0 Å². The van der Waals surface area contributed by atoms with E-state index >= 15 is 0 Å². The molecule has 7 heteroatoms. The van der Waals surface area contributed by atoms with Gasteiger partial charge in [0.2, 0.25) is 5.95 Å². The highest BCUT2D eigenvalue weighted by molar-refractivity contribution is 5.44. The van der Waals surface area contributed by atoms with Gasteiger partial charge in [0.15, 0.2) is 11.5 Å². The van der Waals surface area contributed by atoms with E-state index in [-0.39, 0.29) is 12.0 Å². The van der Waals surface area contributed by atoms with Crippen LogP contribution in [0.1, 0.15) is 12.5 Å². The zero-order valence-corrected chi connectivity index (χ0v) is 12.5. The molecule has 2 aromatic rings. The Hall–Kier alpha value is -2.57. The van der Waals surface area contributed by atoms with E-state index in [1.54, 1.807) is 20.2 Å². The highest BCUT2D eigenvalue weighted by Crippen LogP contribution is 2.31. The lowest BCUT2D eigenvalue weighted by Crippen LogP contribution is -2.05. The summed E-state index contributed by atoms with van der Waals surface area (Å²) >= 11 is 0. The fraction of sp³-hybridized carbons (Fsp3) is 0.357. The van der Waals surface area contributed by atoms with Gasteiger partial charge in [0.05, 0.1) is 13.7 Å². The van der Waals surface area contributed by atoms with Crippen LogP contribution in [0.4, 0.5) is 5.95 Å². The van der Waals surface area contributed by atoms with E-state index in [0.29, 0.717) is 24.1 Å². The average Bonchev–Trinajstić information content (AvgIpc) is 2.49. The molecular formula is C14H18N4O3.